The Balaban J connectivity index is 1.83. The highest BCUT2D eigenvalue weighted by Crippen LogP contribution is 2.57. The Bertz CT molecular complexity index is 1020. The molecule has 2 aliphatic rings. The van der Waals surface area contributed by atoms with Crippen LogP contribution in [0.1, 0.15) is 56.0 Å². The first kappa shape index (κ1) is 22.6. The summed E-state index contributed by atoms with van der Waals surface area (Å²) in [5, 5.41) is 9.90. The Morgan fingerprint density at radius 1 is 1.27 bits per heavy atom. The van der Waals surface area contributed by atoms with E-state index in [0.717, 1.165) is 31.2 Å². The van der Waals surface area contributed by atoms with E-state index < -0.39 is 55.8 Å². The molecular formula is C21H22F4O4S. The van der Waals surface area contributed by atoms with E-state index in [0.29, 0.717) is 0 Å². The van der Waals surface area contributed by atoms with Crippen LogP contribution in [0.15, 0.2) is 29.2 Å². The number of alkyl halides is 4. The maximum absolute atomic E-state index is 14.5. The van der Waals surface area contributed by atoms with E-state index in [1.807, 2.05) is 13.0 Å². The molecule has 1 aromatic rings. The van der Waals surface area contributed by atoms with Crippen molar-refractivity contribution in [2.45, 2.75) is 67.5 Å². The van der Waals surface area contributed by atoms with Gasteiger partial charge in [0.15, 0.2) is 21.7 Å². The van der Waals surface area contributed by atoms with E-state index in [1.165, 1.54) is 0 Å². The summed E-state index contributed by atoms with van der Waals surface area (Å²) >= 11 is 0. The van der Waals surface area contributed by atoms with Gasteiger partial charge < -0.3 is 9.84 Å². The largest absolute Gasteiger partial charge is 0.490 e. The van der Waals surface area contributed by atoms with E-state index in [1.54, 1.807) is 6.08 Å². The van der Waals surface area contributed by atoms with E-state index in [9.17, 15) is 31.1 Å². The summed E-state index contributed by atoms with van der Waals surface area (Å²) in [4.78, 5) is -0.588. The number of rotatable bonds is 5. The molecule has 0 amide bonds. The number of halogens is 4. The van der Waals surface area contributed by atoms with Crippen LogP contribution in [0.4, 0.5) is 17.6 Å². The van der Waals surface area contributed by atoms with Crippen molar-refractivity contribution in [3.05, 3.63) is 35.4 Å². The second-order valence-electron chi connectivity index (χ2n) is 7.67. The molecule has 2 aliphatic carbocycles. The molecule has 1 aromatic carbocycles. The second-order valence-corrected chi connectivity index (χ2v) is 9.66. The molecule has 3 rings (SSSR count). The number of aliphatic hydroxyl groups is 1. The lowest BCUT2D eigenvalue weighted by Crippen LogP contribution is -2.45. The number of hydrogen-bond donors (Lipinski definition) is 1. The van der Waals surface area contributed by atoms with Crippen molar-refractivity contribution in [2.24, 2.45) is 0 Å². The molecule has 0 saturated heterocycles. The van der Waals surface area contributed by atoms with Gasteiger partial charge in [0.05, 0.1) is 4.90 Å². The van der Waals surface area contributed by atoms with Crippen molar-refractivity contribution >= 4 is 9.84 Å². The minimum absolute atomic E-state index is 0.139. The quantitative estimate of drug-likeness (QED) is 0.538. The maximum atomic E-state index is 14.5. The minimum Gasteiger partial charge on any atom is -0.490 e. The zero-order valence-corrected chi connectivity index (χ0v) is 17.3. The van der Waals surface area contributed by atoms with E-state index in [-0.39, 0.29) is 18.6 Å². The Kier molecular flexibility index (Phi) is 5.95. The average molecular weight is 446 g/mol. The van der Waals surface area contributed by atoms with Crippen LogP contribution in [0.25, 0.3) is 0 Å². The summed E-state index contributed by atoms with van der Waals surface area (Å²) in [7, 11) is -4.01. The Labute approximate surface area is 172 Å². The molecule has 1 saturated carbocycles. The van der Waals surface area contributed by atoms with Gasteiger partial charge in [0.2, 0.25) is 0 Å². The highest BCUT2D eigenvalue weighted by Gasteiger charge is 2.59. The van der Waals surface area contributed by atoms with Crippen LogP contribution in [0.2, 0.25) is 0 Å². The Hall–Kier alpha value is -2.05. The zero-order chi connectivity index (χ0) is 22.3. The molecular weight excluding hydrogens is 424 g/mol. The van der Waals surface area contributed by atoms with Gasteiger partial charge in [-0.05, 0) is 24.6 Å². The van der Waals surface area contributed by atoms with Gasteiger partial charge in [-0.1, -0.05) is 31.3 Å². The van der Waals surface area contributed by atoms with Gasteiger partial charge in [0.1, 0.15) is 18.0 Å². The summed E-state index contributed by atoms with van der Waals surface area (Å²) in [5.74, 6) is 0.563. The molecule has 0 aromatic heterocycles. The Morgan fingerprint density at radius 3 is 2.53 bits per heavy atom. The third kappa shape index (κ3) is 4.08. The van der Waals surface area contributed by atoms with Crippen LogP contribution in [0, 0.1) is 11.8 Å². The van der Waals surface area contributed by atoms with Crippen molar-refractivity contribution in [3.8, 4) is 17.6 Å². The lowest BCUT2D eigenvalue weighted by Gasteiger charge is -2.37. The minimum atomic E-state index is -4.21. The number of hydrogen-bond acceptors (Lipinski definition) is 4. The second kappa shape index (κ2) is 7.89. The molecule has 164 valence electrons. The maximum Gasteiger partial charge on any atom is 0.312 e. The van der Waals surface area contributed by atoms with Crippen LogP contribution in [0.3, 0.4) is 0 Å². The normalized spacial score (nSPS) is 29.8. The van der Waals surface area contributed by atoms with Crippen LogP contribution in [-0.4, -0.2) is 37.5 Å². The van der Waals surface area contributed by atoms with Crippen molar-refractivity contribution in [3.63, 3.8) is 0 Å². The van der Waals surface area contributed by atoms with Crippen molar-refractivity contribution < 1.29 is 35.8 Å². The number of fused-ring (bicyclic) bond motifs is 1. The molecule has 30 heavy (non-hydrogen) atoms. The SMILES string of the molecule is CCC/C=C\C#C[C@]1(F)C[C@@H](Oc2ccc(S(C)(=O)=O)c3c2[C@@H](F)C(F)(F)[C@H]3O)C1. The standard InChI is InChI=1S/C21H22F4O4S/c1-3-4-5-6-7-10-20(23)11-13(12-20)29-14-8-9-15(30(2,27)28)17-16(14)18(22)21(24,25)19(17)26/h5-6,8-9,13,18-19,26H,3-4,11-12H2,1-2H3/b6-5-/t13-,18-,19+,20+/m1/s1. The molecule has 0 bridgehead atoms. The highest BCUT2D eigenvalue weighted by atomic mass is 32.2. The predicted molar refractivity (Wildman–Crippen MR) is 103 cm³/mol. The summed E-state index contributed by atoms with van der Waals surface area (Å²) in [6.07, 6.45) is -0.658. The molecule has 0 spiro atoms. The van der Waals surface area contributed by atoms with Crippen LogP contribution in [0.5, 0.6) is 5.75 Å². The first-order chi connectivity index (χ1) is 13.9. The fourth-order valence-electron chi connectivity index (χ4n) is 3.60. The summed E-state index contributed by atoms with van der Waals surface area (Å²) in [6, 6.07) is 2.05. The van der Waals surface area contributed by atoms with Gasteiger partial charge >= 0.3 is 5.92 Å². The first-order valence-electron chi connectivity index (χ1n) is 9.51. The average Bonchev–Trinajstić information content (AvgIpc) is 2.80. The van der Waals surface area contributed by atoms with E-state index in [2.05, 4.69) is 11.8 Å². The fourth-order valence-corrected chi connectivity index (χ4v) is 4.53. The van der Waals surface area contributed by atoms with E-state index in [4.69, 9.17) is 4.74 Å². The van der Waals surface area contributed by atoms with Crippen molar-refractivity contribution in [2.75, 3.05) is 6.26 Å². The molecule has 1 N–H and O–H groups in total. The molecule has 0 heterocycles. The number of benzene rings is 1. The zero-order valence-electron chi connectivity index (χ0n) is 16.5. The summed E-state index contributed by atoms with van der Waals surface area (Å²) in [6.45, 7) is 2.00. The van der Waals surface area contributed by atoms with Crippen LogP contribution < -0.4 is 4.74 Å². The number of sulfone groups is 1. The number of aliphatic hydroxyl groups excluding tert-OH is 1. The topological polar surface area (TPSA) is 63.6 Å². The van der Waals surface area contributed by atoms with Gasteiger partial charge in [-0.3, -0.25) is 0 Å². The number of allylic oxidation sites excluding steroid dienone is 2. The van der Waals surface area contributed by atoms with Gasteiger partial charge in [-0.2, -0.15) is 8.78 Å². The van der Waals surface area contributed by atoms with Crippen molar-refractivity contribution in [1.29, 1.82) is 0 Å². The van der Waals surface area contributed by atoms with Crippen LogP contribution in [-0.2, 0) is 9.84 Å². The molecule has 1 fully saturated rings. The lowest BCUT2D eigenvalue weighted by molar-refractivity contribution is -0.144. The molecule has 2 atom stereocenters. The monoisotopic (exact) mass is 446 g/mol. The summed E-state index contributed by atoms with van der Waals surface area (Å²) in [5.41, 5.74) is -3.21. The molecule has 9 heteroatoms. The van der Waals surface area contributed by atoms with Gasteiger partial charge in [-0.25, -0.2) is 17.2 Å². The van der Waals surface area contributed by atoms with Crippen LogP contribution >= 0.6 is 0 Å². The molecule has 4 nitrogen and oxygen atoms in total. The number of unbranched alkanes of at least 4 members (excludes halogenated alkanes) is 1. The first-order valence-corrected chi connectivity index (χ1v) is 11.4. The number of ether oxygens (including phenoxy) is 1. The van der Waals surface area contributed by atoms with E-state index >= 15 is 0 Å². The van der Waals surface area contributed by atoms with Gasteiger partial charge in [0, 0.05) is 30.2 Å². The smallest absolute Gasteiger partial charge is 0.312 e. The van der Waals surface area contributed by atoms with Gasteiger partial charge in [0.25, 0.3) is 0 Å². The third-order valence-electron chi connectivity index (χ3n) is 5.18. The molecule has 0 radical (unpaired) electrons. The molecule has 0 aliphatic heterocycles. The molecule has 0 unspecified atom stereocenters. The van der Waals surface area contributed by atoms with Gasteiger partial charge in [-0.15, -0.1) is 0 Å². The Morgan fingerprint density at radius 2 is 1.93 bits per heavy atom. The van der Waals surface area contributed by atoms with Crippen molar-refractivity contribution in [1.82, 2.24) is 0 Å². The lowest BCUT2D eigenvalue weighted by atomic mass is 9.79. The highest BCUT2D eigenvalue weighted by molar-refractivity contribution is 7.90. The fraction of sp³-hybridized carbons (Fsp3) is 0.524. The predicted octanol–water partition coefficient (Wildman–Crippen LogP) is 4.39. The summed E-state index contributed by atoms with van der Waals surface area (Å²) < 4.78 is 86.5. The third-order valence-corrected chi connectivity index (χ3v) is 6.34.